The largest absolute Gasteiger partial charge is 0.464 e. The lowest BCUT2D eigenvalue weighted by atomic mass is 10.1. The van der Waals surface area contributed by atoms with Crippen molar-refractivity contribution in [1.82, 2.24) is 5.32 Å². The van der Waals surface area contributed by atoms with Crippen LogP contribution in [0.2, 0.25) is 0 Å². The molecule has 0 aromatic heterocycles. The molecule has 0 radical (unpaired) electrons. The van der Waals surface area contributed by atoms with Crippen molar-refractivity contribution in [2.45, 2.75) is 45.8 Å². The fourth-order valence-corrected chi connectivity index (χ4v) is 2.11. The fraction of sp³-hybridized carbons (Fsp3) is 0.500. The Balaban J connectivity index is 2.68. The van der Waals surface area contributed by atoms with E-state index in [4.69, 9.17) is 9.47 Å². The number of esters is 1. The Bertz CT molecular complexity index is 508. The Hall–Kier alpha value is -1.31. The highest BCUT2D eigenvalue weighted by Crippen LogP contribution is 2.11. The van der Waals surface area contributed by atoms with E-state index >= 15 is 0 Å². The van der Waals surface area contributed by atoms with Gasteiger partial charge in [0.25, 0.3) is 0 Å². The van der Waals surface area contributed by atoms with Crippen LogP contribution >= 0.6 is 22.6 Å². The summed E-state index contributed by atoms with van der Waals surface area (Å²) < 4.78 is 11.4. The Labute approximate surface area is 144 Å². The van der Waals surface area contributed by atoms with Gasteiger partial charge >= 0.3 is 12.1 Å². The molecule has 0 spiro atoms. The van der Waals surface area contributed by atoms with Gasteiger partial charge in [0.15, 0.2) is 0 Å². The molecule has 1 atom stereocenters. The smallest absolute Gasteiger partial charge is 0.408 e. The van der Waals surface area contributed by atoms with Crippen LogP contribution in [0.3, 0.4) is 0 Å². The third-order valence-electron chi connectivity index (χ3n) is 2.60. The Morgan fingerprint density at radius 2 is 1.82 bits per heavy atom. The number of rotatable bonds is 5. The van der Waals surface area contributed by atoms with Gasteiger partial charge in [-0.25, -0.2) is 4.79 Å². The summed E-state index contributed by atoms with van der Waals surface area (Å²) in [5, 5.41) is 2.75. The molecule has 0 aliphatic carbocycles. The summed E-state index contributed by atoms with van der Waals surface area (Å²) in [5.41, 5.74) is 0.479. The highest BCUT2D eigenvalue weighted by atomic mass is 127. The summed E-state index contributed by atoms with van der Waals surface area (Å²) in [6.07, 6.45) is 0.0406. The van der Waals surface area contributed by atoms with E-state index in [9.17, 15) is 9.59 Å². The van der Waals surface area contributed by atoms with Gasteiger partial charge in [-0.05, 0) is 67.5 Å². The second kappa shape index (κ2) is 8.36. The molecule has 22 heavy (non-hydrogen) atoms. The van der Waals surface area contributed by atoms with Crippen LogP contribution in [0, 0.1) is 3.57 Å². The predicted octanol–water partition coefficient (Wildman–Crippen LogP) is 3.29. The van der Waals surface area contributed by atoms with Crippen molar-refractivity contribution in [1.29, 1.82) is 0 Å². The minimum atomic E-state index is -0.571. The Morgan fingerprint density at radius 3 is 2.32 bits per heavy atom. The van der Waals surface area contributed by atoms with E-state index in [2.05, 4.69) is 27.9 Å². The Morgan fingerprint density at radius 1 is 1.23 bits per heavy atom. The summed E-state index contributed by atoms with van der Waals surface area (Å²) in [7, 11) is 0. The molecule has 1 aromatic rings. The molecule has 0 saturated heterocycles. The molecule has 1 rings (SSSR count). The van der Waals surface area contributed by atoms with Crippen molar-refractivity contribution in [2.75, 3.05) is 6.61 Å². The molecular weight excluding hydrogens is 397 g/mol. The molecule has 0 aliphatic heterocycles. The molecule has 0 bridgehead atoms. The molecule has 122 valence electrons. The predicted molar refractivity (Wildman–Crippen MR) is 92.7 cm³/mol. The van der Waals surface area contributed by atoms with Crippen molar-refractivity contribution in [3.63, 3.8) is 0 Å². The molecule has 1 unspecified atom stereocenters. The third-order valence-corrected chi connectivity index (χ3v) is 3.32. The van der Waals surface area contributed by atoms with Crippen LogP contribution in [0.15, 0.2) is 24.3 Å². The first-order chi connectivity index (χ1) is 10.2. The molecule has 0 heterocycles. The standard InChI is InChI=1S/C16H22INO4/c1-11(19)21-10-14(18-15(20)22-16(2,3)4)9-12-5-7-13(17)8-6-12/h5-8,14H,9-10H2,1-4H3,(H,18,20). The highest BCUT2D eigenvalue weighted by Gasteiger charge is 2.20. The number of benzene rings is 1. The number of hydrogen-bond acceptors (Lipinski definition) is 4. The summed E-state index contributed by atoms with van der Waals surface area (Å²) >= 11 is 2.23. The zero-order valence-electron chi connectivity index (χ0n) is 13.3. The monoisotopic (exact) mass is 419 g/mol. The van der Waals surface area contributed by atoms with Crippen LogP contribution in [-0.4, -0.2) is 30.3 Å². The summed E-state index contributed by atoms with van der Waals surface area (Å²) in [6, 6.07) is 7.62. The van der Waals surface area contributed by atoms with Crippen molar-refractivity contribution >= 4 is 34.7 Å². The second-order valence-electron chi connectivity index (χ2n) is 5.98. The normalized spacial score (nSPS) is 12.4. The van der Waals surface area contributed by atoms with E-state index in [0.29, 0.717) is 6.42 Å². The van der Waals surface area contributed by atoms with Crippen molar-refractivity contribution in [2.24, 2.45) is 0 Å². The number of nitrogens with one attached hydrogen (secondary N) is 1. The quantitative estimate of drug-likeness (QED) is 0.588. The van der Waals surface area contributed by atoms with E-state index in [-0.39, 0.29) is 18.6 Å². The third kappa shape index (κ3) is 8.21. The molecule has 0 saturated carbocycles. The zero-order valence-corrected chi connectivity index (χ0v) is 15.5. The van der Waals surface area contributed by atoms with E-state index in [1.165, 1.54) is 6.92 Å². The Kier molecular flexibility index (Phi) is 7.12. The van der Waals surface area contributed by atoms with Crippen LogP contribution in [0.4, 0.5) is 4.79 Å². The van der Waals surface area contributed by atoms with Crippen molar-refractivity contribution in [3.8, 4) is 0 Å². The van der Waals surface area contributed by atoms with Crippen molar-refractivity contribution in [3.05, 3.63) is 33.4 Å². The first kappa shape index (κ1) is 18.7. The first-order valence-electron chi connectivity index (χ1n) is 7.03. The molecule has 0 fully saturated rings. The maximum atomic E-state index is 11.9. The van der Waals surface area contributed by atoms with Gasteiger partial charge in [-0.15, -0.1) is 0 Å². The van der Waals surface area contributed by atoms with Gasteiger partial charge in [-0.1, -0.05) is 12.1 Å². The molecule has 1 aromatic carbocycles. The van der Waals surface area contributed by atoms with Crippen LogP contribution in [0.25, 0.3) is 0 Å². The van der Waals surface area contributed by atoms with E-state index < -0.39 is 11.7 Å². The summed E-state index contributed by atoms with van der Waals surface area (Å²) in [6.45, 7) is 6.85. The van der Waals surface area contributed by atoms with E-state index in [0.717, 1.165) is 9.13 Å². The lowest BCUT2D eigenvalue weighted by Gasteiger charge is -2.23. The minimum absolute atomic E-state index is 0.112. The zero-order chi connectivity index (χ0) is 16.8. The second-order valence-corrected chi connectivity index (χ2v) is 7.22. The molecule has 5 nitrogen and oxygen atoms in total. The fourth-order valence-electron chi connectivity index (χ4n) is 1.75. The van der Waals surface area contributed by atoms with E-state index in [1.54, 1.807) is 20.8 Å². The first-order valence-corrected chi connectivity index (χ1v) is 8.11. The van der Waals surface area contributed by atoms with Gasteiger partial charge < -0.3 is 14.8 Å². The highest BCUT2D eigenvalue weighted by molar-refractivity contribution is 14.1. The van der Waals surface area contributed by atoms with Gasteiger partial charge in [0.1, 0.15) is 12.2 Å². The lowest BCUT2D eigenvalue weighted by molar-refractivity contribution is -0.141. The maximum Gasteiger partial charge on any atom is 0.408 e. The van der Waals surface area contributed by atoms with Gasteiger partial charge in [-0.3, -0.25) is 4.79 Å². The van der Waals surface area contributed by atoms with Crippen LogP contribution in [-0.2, 0) is 20.7 Å². The van der Waals surface area contributed by atoms with Gasteiger partial charge in [0.05, 0.1) is 6.04 Å². The number of alkyl carbamates (subject to hydrolysis) is 1. The number of halogens is 1. The van der Waals surface area contributed by atoms with Crippen LogP contribution in [0.1, 0.15) is 33.3 Å². The van der Waals surface area contributed by atoms with Gasteiger partial charge in [0.2, 0.25) is 0 Å². The molecule has 0 aliphatic rings. The number of amides is 1. The summed E-state index contributed by atoms with van der Waals surface area (Å²) in [4.78, 5) is 22.9. The lowest BCUT2D eigenvalue weighted by Crippen LogP contribution is -2.43. The van der Waals surface area contributed by atoms with Gasteiger partial charge in [0, 0.05) is 10.5 Å². The molecule has 1 N–H and O–H groups in total. The number of ether oxygens (including phenoxy) is 2. The SMILES string of the molecule is CC(=O)OCC(Cc1ccc(I)cc1)NC(=O)OC(C)(C)C. The molecule has 1 amide bonds. The van der Waals surface area contributed by atoms with Crippen molar-refractivity contribution < 1.29 is 19.1 Å². The summed E-state index contributed by atoms with van der Waals surface area (Å²) in [5.74, 6) is -0.376. The average molecular weight is 419 g/mol. The minimum Gasteiger partial charge on any atom is -0.464 e. The maximum absolute atomic E-state index is 11.9. The number of carbonyl (C=O) groups excluding carboxylic acids is 2. The number of carbonyl (C=O) groups is 2. The topological polar surface area (TPSA) is 64.6 Å². The average Bonchev–Trinajstić information content (AvgIpc) is 2.36. The number of hydrogen-bond donors (Lipinski definition) is 1. The molecule has 6 heteroatoms. The van der Waals surface area contributed by atoms with E-state index in [1.807, 2.05) is 24.3 Å². The van der Waals surface area contributed by atoms with Crippen LogP contribution < -0.4 is 5.32 Å². The van der Waals surface area contributed by atoms with Crippen LogP contribution in [0.5, 0.6) is 0 Å². The molecular formula is C16H22INO4. The van der Waals surface area contributed by atoms with Gasteiger partial charge in [-0.2, -0.15) is 0 Å².